The highest BCUT2D eigenvalue weighted by Crippen LogP contribution is 2.29. The van der Waals surface area contributed by atoms with Gasteiger partial charge in [-0.05, 0) is 20.8 Å². The van der Waals surface area contributed by atoms with E-state index in [-0.39, 0.29) is 6.10 Å². The van der Waals surface area contributed by atoms with E-state index < -0.39 is 11.4 Å². The molecule has 1 N–H and O–H groups in total. The average Bonchev–Trinajstić information content (AvgIpc) is 2.31. The monoisotopic (exact) mass is 172 g/mol. The molecule has 12 heavy (non-hydrogen) atoms. The zero-order chi connectivity index (χ0) is 9.41. The smallest absolute Gasteiger partial charge is 0.163 e. The average molecular weight is 172 g/mol. The summed E-state index contributed by atoms with van der Waals surface area (Å²) < 4.78 is 10.8. The molecule has 1 aliphatic rings. The number of hydrogen-bond donors (Lipinski definition) is 1. The number of ether oxygens (including phenoxy) is 2. The van der Waals surface area contributed by atoms with Crippen molar-refractivity contribution in [1.82, 2.24) is 0 Å². The molecule has 2 unspecified atom stereocenters. The Balaban J connectivity index is 2.63. The van der Waals surface area contributed by atoms with E-state index in [4.69, 9.17) is 9.47 Å². The molecule has 2 atom stereocenters. The third-order valence-electron chi connectivity index (χ3n) is 2.07. The first-order valence-electron chi connectivity index (χ1n) is 4.05. The second-order valence-electron chi connectivity index (χ2n) is 3.75. The van der Waals surface area contributed by atoms with E-state index in [0.29, 0.717) is 6.61 Å². The van der Waals surface area contributed by atoms with Crippen LogP contribution in [-0.4, -0.2) is 29.2 Å². The van der Waals surface area contributed by atoms with Crippen LogP contribution in [0.15, 0.2) is 12.7 Å². The van der Waals surface area contributed by atoms with E-state index in [9.17, 15) is 5.11 Å². The summed E-state index contributed by atoms with van der Waals surface area (Å²) in [4.78, 5) is 0. The quantitative estimate of drug-likeness (QED) is 0.633. The fourth-order valence-corrected chi connectivity index (χ4v) is 1.11. The van der Waals surface area contributed by atoms with Crippen molar-refractivity contribution >= 4 is 0 Å². The lowest BCUT2D eigenvalue weighted by Gasteiger charge is -2.26. The molecule has 1 rings (SSSR count). The zero-order valence-electron chi connectivity index (χ0n) is 7.83. The second kappa shape index (κ2) is 2.83. The van der Waals surface area contributed by atoms with Gasteiger partial charge < -0.3 is 14.6 Å². The fraction of sp³-hybridized carbons (Fsp3) is 0.778. The summed E-state index contributed by atoms with van der Waals surface area (Å²) in [5.74, 6) is -0.586. The van der Waals surface area contributed by atoms with Gasteiger partial charge in [-0.25, -0.2) is 0 Å². The Kier molecular flexibility index (Phi) is 2.29. The van der Waals surface area contributed by atoms with Gasteiger partial charge in [-0.15, -0.1) is 6.58 Å². The zero-order valence-corrected chi connectivity index (χ0v) is 7.83. The topological polar surface area (TPSA) is 38.7 Å². The van der Waals surface area contributed by atoms with Crippen LogP contribution in [0.3, 0.4) is 0 Å². The Morgan fingerprint density at radius 1 is 1.67 bits per heavy atom. The Morgan fingerprint density at radius 3 is 2.58 bits per heavy atom. The summed E-state index contributed by atoms with van der Waals surface area (Å²) in [5.41, 5.74) is -1.01. The molecule has 1 heterocycles. The molecule has 0 saturated carbocycles. The van der Waals surface area contributed by atoms with Gasteiger partial charge in [0.15, 0.2) is 5.79 Å². The van der Waals surface area contributed by atoms with Crippen LogP contribution in [-0.2, 0) is 9.47 Å². The molecule has 0 bridgehead atoms. The van der Waals surface area contributed by atoms with Crippen LogP contribution in [0.4, 0.5) is 0 Å². The fourth-order valence-electron chi connectivity index (χ4n) is 1.11. The van der Waals surface area contributed by atoms with Crippen LogP contribution in [0.2, 0.25) is 0 Å². The summed E-state index contributed by atoms with van der Waals surface area (Å²) in [6.45, 7) is 9.26. The van der Waals surface area contributed by atoms with E-state index in [1.165, 1.54) is 6.08 Å². The molecule has 0 aliphatic carbocycles. The van der Waals surface area contributed by atoms with Crippen LogP contribution in [0.25, 0.3) is 0 Å². The Bertz CT molecular complexity index is 184. The van der Waals surface area contributed by atoms with E-state index in [0.717, 1.165) is 0 Å². The number of hydrogen-bond acceptors (Lipinski definition) is 3. The van der Waals surface area contributed by atoms with Gasteiger partial charge in [0.2, 0.25) is 0 Å². The van der Waals surface area contributed by atoms with Crippen LogP contribution < -0.4 is 0 Å². The summed E-state index contributed by atoms with van der Waals surface area (Å²) >= 11 is 0. The highest BCUT2D eigenvalue weighted by Gasteiger charge is 2.41. The number of rotatable bonds is 2. The minimum absolute atomic E-state index is 0.315. The van der Waals surface area contributed by atoms with E-state index in [1.54, 1.807) is 6.92 Å². The van der Waals surface area contributed by atoms with E-state index in [2.05, 4.69) is 6.58 Å². The molecule has 3 heteroatoms. The largest absolute Gasteiger partial charge is 0.383 e. The second-order valence-corrected chi connectivity index (χ2v) is 3.75. The normalized spacial score (nSPS) is 32.8. The van der Waals surface area contributed by atoms with Gasteiger partial charge in [0.05, 0.1) is 6.61 Å². The SMILES string of the molecule is C=CC(C)(O)C1COC(C)(C)O1. The molecule has 0 amide bonds. The first-order valence-corrected chi connectivity index (χ1v) is 4.05. The third kappa shape index (κ3) is 1.86. The summed E-state index contributed by atoms with van der Waals surface area (Å²) in [6, 6.07) is 0. The van der Waals surface area contributed by atoms with Gasteiger partial charge in [0.25, 0.3) is 0 Å². The van der Waals surface area contributed by atoms with Crippen LogP contribution in [0, 0.1) is 0 Å². The summed E-state index contributed by atoms with van der Waals surface area (Å²) in [6.07, 6.45) is 1.16. The molecule has 3 nitrogen and oxygen atoms in total. The van der Waals surface area contributed by atoms with Crippen LogP contribution in [0.1, 0.15) is 20.8 Å². The van der Waals surface area contributed by atoms with Gasteiger partial charge in [-0.1, -0.05) is 6.08 Å². The highest BCUT2D eigenvalue weighted by molar-refractivity contribution is 5.00. The molecule has 0 spiro atoms. The molecule has 70 valence electrons. The molecule has 0 radical (unpaired) electrons. The molecule has 0 aromatic carbocycles. The molecule has 0 aromatic rings. The lowest BCUT2D eigenvalue weighted by Crippen LogP contribution is -2.39. The minimum Gasteiger partial charge on any atom is -0.383 e. The molecular weight excluding hydrogens is 156 g/mol. The lowest BCUT2D eigenvalue weighted by molar-refractivity contribution is -0.158. The first-order chi connectivity index (χ1) is 5.37. The van der Waals surface area contributed by atoms with Gasteiger partial charge in [0.1, 0.15) is 11.7 Å². The maximum absolute atomic E-state index is 9.73. The molecular formula is C9H16O3. The Morgan fingerprint density at radius 2 is 2.25 bits per heavy atom. The lowest BCUT2D eigenvalue weighted by atomic mass is 10.0. The van der Waals surface area contributed by atoms with Crippen molar-refractivity contribution in [2.45, 2.75) is 38.3 Å². The molecule has 1 fully saturated rings. The van der Waals surface area contributed by atoms with Crippen LogP contribution >= 0.6 is 0 Å². The Labute approximate surface area is 73.0 Å². The summed E-state index contributed by atoms with van der Waals surface area (Å²) in [5, 5.41) is 9.73. The van der Waals surface area contributed by atoms with Gasteiger partial charge in [-0.3, -0.25) is 0 Å². The van der Waals surface area contributed by atoms with Crippen molar-refractivity contribution in [3.8, 4) is 0 Å². The van der Waals surface area contributed by atoms with Crippen molar-refractivity contribution < 1.29 is 14.6 Å². The van der Waals surface area contributed by atoms with Gasteiger partial charge >= 0.3 is 0 Å². The van der Waals surface area contributed by atoms with E-state index in [1.807, 2.05) is 13.8 Å². The maximum atomic E-state index is 9.73. The standard InChI is InChI=1S/C9H16O3/c1-5-9(4,10)7-6-11-8(2,3)12-7/h5,7,10H,1,6H2,2-4H3. The minimum atomic E-state index is -1.01. The van der Waals surface area contributed by atoms with Crippen molar-refractivity contribution in [2.75, 3.05) is 6.61 Å². The first kappa shape index (κ1) is 9.71. The van der Waals surface area contributed by atoms with Crippen molar-refractivity contribution in [2.24, 2.45) is 0 Å². The van der Waals surface area contributed by atoms with Crippen LogP contribution in [0.5, 0.6) is 0 Å². The highest BCUT2D eigenvalue weighted by atomic mass is 16.7. The number of aliphatic hydroxyl groups is 1. The molecule has 0 aromatic heterocycles. The van der Waals surface area contributed by atoms with Crippen molar-refractivity contribution in [1.29, 1.82) is 0 Å². The Hall–Kier alpha value is -0.380. The summed E-state index contributed by atoms with van der Waals surface area (Å²) in [7, 11) is 0. The van der Waals surface area contributed by atoms with Gasteiger partial charge in [0, 0.05) is 0 Å². The predicted molar refractivity (Wildman–Crippen MR) is 45.7 cm³/mol. The van der Waals surface area contributed by atoms with Crippen molar-refractivity contribution in [3.05, 3.63) is 12.7 Å². The van der Waals surface area contributed by atoms with Crippen molar-refractivity contribution in [3.63, 3.8) is 0 Å². The maximum Gasteiger partial charge on any atom is 0.163 e. The molecule has 1 saturated heterocycles. The molecule has 1 aliphatic heterocycles. The third-order valence-corrected chi connectivity index (χ3v) is 2.07. The van der Waals surface area contributed by atoms with Gasteiger partial charge in [-0.2, -0.15) is 0 Å². The van der Waals surface area contributed by atoms with E-state index >= 15 is 0 Å². The predicted octanol–water partition coefficient (Wildman–Crippen LogP) is 1.07.